The van der Waals surface area contributed by atoms with Crippen molar-refractivity contribution < 1.29 is 44.1 Å². The van der Waals surface area contributed by atoms with Crippen LogP contribution in [0, 0.1) is 5.92 Å². The van der Waals surface area contributed by atoms with Gasteiger partial charge in [0.2, 0.25) is 23.6 Å². The number of nitrogens with one attached hydrogen (secondary N) is 3. The minimum Gasteiger partial charge on any atom is -0.508 e. The zero-order valence-electron chi connectivity index (χ0n) is 21.2. The lowest BCUT2D eigenvalue weighted by Crippen LogP contribution is -2.58. The number of hydrogen-bond acceptors (Lipinski definition) is 8. The number of amides is 4. The fourth-order valence-electron chi connectivity index (χ4n) is 3.45. The quantitative estimate of drug-likeness (QED) is 0.122. The number of carbonyl (C=O) groups excluding carboxylic acids is 4. The highest BCUT2D eigenvalue weighted by molar-refractivity contribution is 5.96. The van der Waals surface area contributed by atoms with E-state index in [0.29, 0.717) is 5.56 Å². The Bertz CT molecular complexity index is 1010. The summed E-state index contributed by atoms with van der Waals surface area (Å²) in [6.45, 7) is 3.66. The van der Waals surface area contributed by atoms with Crippen LogP contribution in [0.25, 0.3) is 0 Å². The van der Waals surface area contributed by atoms with Gasteiger partial charge in [0.05, 0.1) is 12.5 Å². The second-order valence-corrected chi connectivity index (χ2v) is 9.23. The maximum atomic E-state index is 12.9. The molecule has 0 radical (unpaired) electrons. The number of rotatable bonds is 16. The highest BCUT2D eigenvalue weighted by atomic mass is 16.4. The molecule has 10 N–H and O–H groups in total. The molecule has 38 heavy (non-hydrogen) atoms. The molecule has 14 heteroatoms. The van der Waals surface area contributed by atoms with Crippen molar-refractivity contribution in [2.24, 2.45) is 17.4 Å². The van der Waals surface area contributed by atoms with E-state index in [9.17, 15) is 39.0 Å². The smallest absolute Gasteiger partial charge is 0.326 e. The molecule has 0 spiro atoms. The Morgan fingerprint density at radius 2 is 1.37 bits per heavy atom. The third kappa shape index (κ3) is 11.7. The summed E-state index contributed by atoms with van der Waals surface area (Å²) in [6.07, 6.45) is -1.48. The Morgan fingerprint density at radius 3 is 1.87 bits per heavy atom. The monoisotopic (exact) mass is 537 g/mol. The number of carbonyl (C=O) groups is 6. The Morgan fingerprint density at radius 1 is 0.842 bits per heavy atom. The van der Waals surface area contributed by atoms with Crippen LogP contribution in [0.4, 0.5) is 0 Å². The van der Waals surface area contributed by atoms with Gasteiger partial charge in [-0.15, -0.1) is 0 Å². The van der Waals surface area contributed by atoms with Crippen LogP contribution in [0.2, 0.25) is 0 Å². The van der Waals surface area contributed by atoms with Crippen molar-refractivity contribution in [1.82, 2.24) is 16.0 Å². The van der Waals surface area contributed by atoms with E-state index in [1.54, 1.807) is 0 Å². The lowest BCUT2D eigenvalue weighted by Gasteiger charge is -2.25. The van der Waals surface area contributed by atoms with Gasteiger partial charge < -0.3 is 42.7 Å². The fourth-order valence-corrected chi connectivity index (χ4v) is 3.45. The summed E-state index contributed by atoms with van der Waals surface area (Å²) in [5.41, 5.74) is 11.5. The minimum atomic E-state index is -1.52. The van der Waals surface area contributed by atoms with Gasteiger partial charge in [0, 0.05) is 12.8 Å². The molecule has 0 saturated heterocycles. The summed E-state index contributed by atoms with van der Waals surface area (Å²) in [7, 11) is 0. The van der Waals surface area contributed by atoms with Gasteiger partial charge in [-0.2, -0.15) is 0 Å². The van der Waals surface area contributed by atoms with Crippen molar-refractivity contribution in [3.8, 4) is 5.75 Å². The van der Waals surface area contributed by atoms with E-state index in [2.05, 4.69) is 16.0 Å². The molecule has 1 aromatic carbocycles. The number of phenolic OH excluding ortho intramolecular Hbond substituents is 1. The molecule has 1 aromatic rings. The summed E-state index contributed by atoms with van der Waals surface area (Å²) in [5.74, 6) is -6.32. The van der Waals surface area contributed by atoms with E-state index in [-0.39, 0.29) is 24.5 Å². The molecule has 4 amide bonds. The number of aromatic hydroxyl groups is 1. The Kier molecular flexibility index (Phi) is 12.7. The standard InChI is InChI=1S/C24H35N5O9/c1-12(2)9-15(25)21(34)28-17(11-19(26)31)23(36)27-16(7-8-20(32)33)22(35)29-18(24(37)38)10-13-3-5-14(30)6-4-13/h3-6,12,15-18,30H,7-11,25H2,1-2H3,(H2,26,31)(H,27,36)(H,28,34)(H,29,35)(H,32,33)(H,37,38). The van der Waals surface area contributed by atoms with Gasteiger partial charge in [-0.3, -0.25) is 24.0 Å². The molecular weight excluding hydrogens is 502 g/mol. The van der Waals surface area contributed by atoms with Gasteiger partial charge in [0.15, 0.2) is 0 Å². The minimum absolute atomic E-state index is 0.0381. The number of phenols is 1. The van der Waals surface area contributed by atoms with E-state index in [1.807, 2.05) is 13.8 Å². The first kappa shape index (κ1) is 31.8. The summed E-state index contributed by atoms with van der Waals surface area (Å²) < 4.78 is 0. The maximum Gasteiger partial charge on any atom is 0.326 e. The molecule has 0 heterocycles. The molecule has 0 aliphatic heterocycles. The van der Waals surface area contributed by atoms with Gasteiger partial charge in [-0.05, 0) is 36.5 Å². The first-order valence-corrected chi connectivity index (χ1v) is 11.9. The average molecular weight is 538 g/mol. The fraction of sp³-hybridized carbons (Fsp3) is 0.500. The largest absolute Gasteiger partial charge is 0.508 e. The topological polar surface area (TPSA) is 251 Å². The first-order valence-electron chi connectivity index (χ1n) is 11.9. The molecule has 0 aromatic heterocycles. The van der Waals surface area contributed by atoms with Crippen molar-refractivity contribution in [3.63, 3.8) is 0 Å². The molecule has 0 aliphatic rings. The predicted molar refractivity (Wildman–Crippen MR) is 133 cm³/mol. The molecule has 4 unspecified atom stereocenters. The number of benzene rings is 1. The van der Waals surface area contributed by atoms with Crippen molar-refractivity contribution in [2.45, 2.75) is 70.1 Å². The predicted octanol–water partition coefficient (Wildman–Crippen LogP) is -1.41. The molecule has 210 valence electrons. The Hall–Kier alpha value is -4.20. The maximum absolute atomic E-state index is 12.9. The van der Waals surface area contributed by atoms with Crippen LogP contribution in [0.1, 0.15) is 45.1 Å². The number of carboxylic acids is 2. The van der Waals surface area contributed by atoms with Crippen molar-refractivity contribution in [3.05, 3.63) is 29.8 Å². The number of carboxylic acid groups (broad SMARTS) is 2. The van der Waals surface area contributed by atoms with Crippen LogP contribution in [0.15, 0.2) is 24.3 Å². The third-order valence-corrected chi connectivity index (χ3v) is 5.37. The van der Waals surface area contributed by atoms with Gasteiger partial charge in [0.1, 0.15) is 23.9 Å². The van der Waals surface area contributed by atoms with Crippen LogP contribution in [-0.4, -0.2) is 75.1 Å². The molecule has 0 aliphatic carbocycles. The summed E-state index contributed by atoms with van der Waals surface area (Å²) in [4.78, 5) is 72.6. The number of aliphatic carboxylic acids is 2. The number of nitrogens with two attached hydrogens (primary N) is 2. The molecule has 0 bridgehead atoms. The summed E-state index contributed by atoms with van der Waals surface area (Å²) >= 11 is 0. The SMILES string of the molecule is CC(C)CC(N)C(=O)NC(CC(N)=O)C(=O)NC(CCC(=O)O)C(=O)NC(Cc1ccc(O)cc1)C(=O)O. The van der Waals surface area contributed by atoms with E-state index < -0.39 is 79.0 Å². The van der Waals surface area contributed by atoms with Gasteiger partial charge >= 0.3 is 11.9 Å². The lowest BCUT2D eigenvalue weighted by molar-refractivity contribution is -0.143. The van der Waals surface area contributed by atoms with E-state index in [4.69, 9.17) is 16.6 Å². The van der Waals surface area contributed by atoms with Gasteiger partial charge in [0.25, 0.3) is 0 Å². The second kappa shape index (κ2) is 15.1. The highest BCUT2D eigenvalue weighted by Crippen LogP contribution is 2.12. The molecule has 14 nitrogen and oxygen atoms in total. The van der Waals surface area contributed by atoms with Crippen LogP contribution >= 0.6 is 0 Å². The average Bonchev–Trinajstić information content (AvgIpc) is 2.80. The molecule has 0 fully saturated rings. The van der Waals surface area contributed by atoms with Crippen molar-refractivity contribution >= 4 is 35.6 Å². The van der Waals surface area contributed by atoms with Crippen LogP contribution in [0.5, 0.6) is 5.75 Å². The van der Waals surface area contributed by atoms with Gasteiger partial charge in [-0.1, -0.05) is 26.0 Å². The lowest BCUT2D eigenvalue weighted by atomic mass is 10.0. The molecular formula is C24H35N5O9. The third-order valence-electron chi connectivity index (χ3n) is 5.37. The zero-order valence-corrected chi connectivity index (χ0v) is 21.2. The number of primary amides is 1. The first-order chi connectivity index (χ1) is 17.7. The normalized spacial score (nSPS) is 14.0. The summed E-state index contributed by atoms with van der Waals surface area (Å²) in [6, 6.07) is 0.137. The Balaban J connectivity index is 3.06. The molecule has 0 saturated carbocycles. The van der Waals surface area contributed by atoms with E-state index in [1.165, 1.54) is 24.3 Å². The van der Waals surface area contributed by atoms with Crippen molar-refractivity contribution in [1.29, 1.82) is 0 Å². The van der Waals surface area contributed by atoms with Gasteiger partial charge in [-0.25, -0.2) is 4.79 Å². The van der Waals surface area contributed by atoms with E-state index in [0.717, 1.165) is 0 Å². The van der Waals surface area contributed by atoms with Crippen LogP contribution < -0.4 is 27.4 Å². The molecule has 1 rings (SSSR count). The van der Waals surface area contributed by atoms with Crippen LogP contribution in [-0.2, 0) is 35.2 Å². The molecule has 4 atom stereocenters. The zero-order chi connectivity index (χ0) is 29.0. The van der Waals surface area contributed by atoms with Crippen molar-refractivity contribution in [2.75, 3.05) is 0 Å². The Labute approximate surface area is 219 Å². The highest BCUT2D eigenvalue weighted by Gasteiger charge is 2.31. The van der Waals surface area contributed by atoms with Crippen LogP contribution in [0.3, 0.4) is 0 Å². The summed E-state index contributed by atoms with van der Waals surface area (Å²) in [5, 5.41) is 34.9. The second-order valence-electron chi connectivity index (χ2n) is 9.23. The van der Waals surface area contributed by atoms with E-state index >= 15 is 0 Å². The number of hydrogen-bond donors (Lipinski definition) is 8.